The lowest BCUT2D eigenvalue weighted by Crippen LogP contribution is -2.40. The minimum atomic E-state index is -1.30. The molecule has 5 atom stereocenters. The van der Waals surface area contributed by atoms with Crippen LogP contribution in [0.2, 0.25) is 0 Å². The molecule has 0 bridgehead atoms. The number of aliphatic hydroxyl groups is 2. The SMILES string of the molecule is CC1(C)OC[C@H]([C@H]2O[C@H](OO)[C@@H](O)[C@H]2O)O1. The lowest BCUT2D eigenvalue weighted by molar-refractivity contribution is -0.356. The fraction of sp³-hybridized carbons (Fsp3) is 1.00. The first kappa shape index (κ1) is 12.2. The molecular weight excluding hydrogens is 220 g/mol. The van der Waals surface area contributed by atoms with E-state index in [2.05, 4.69) is 4.89 Å². The van der Waals surface area contributed by atoms with E-state index in [1.54, 1.807) is 13.8 Å². The monoisotopic (exact) mass is 236 g/mol. The Kier molecular flexibility index (Phi) is 3.19. The van der Waals surface area contributed by atoms with E-state index >= 15 is 0 Å². The van der Waals surface area contributed by atoms with Crippen LogP contribution in [0.15, 0.2) is 0 Å². The van der Waals surface area contributed by atoms with Gasteiger partial charge in [0.2, 0.25) is 6.29 Å². The topological polar surface area (TPSA) is 97.6 Å². The molecule has 0 aromatic carbocycles. The summed E-state index contributed by atoms with van der Waals surface area (Å²) in [7, 11) is 0. The fourth-order valence-corrected chi connectivity index (χ4v) is 1.94. The molecule has 0 saturated carbocycles. The molecular formula is C9H16O7. The summed E-state index contributed by atoms with van der Waals surface area (Å²) >= 11 is 0. The highest BCUT2D eigenvalue weighted by Crippen LogP contribution is 2.32. The zero-order valence-corrected chi connectivity index (χ0v) is 9.07. The lowest BCUT2D eigenvalue weighted by atomic mass is 10.1. The predicted molar refractivity (Wildman–Crippen MR) is 49.3 cm³/mol. The molecule has 2 rings (SSSR count). The van der Waals surface area contributed by atoms with Crippen molar-refractivity contribution in [3.05, 3.63) is 0 Å². The largest absolute Gasteiger partial charge is 0.387 e. The first-order chi connectivity index (χ1) is 7.44. The third kappa shape index (κ3) is 2.07. The molecule has 2 saturated heterocycles. The highest BCUT2D eigenvalue weighted by Gasteiger charge is 2.51. The molecule has 0 amide bonds. The fourth-order valence-electron chi connectivity index (χ4n) is 1.94. The Hall–Kier alpha value is -0.280. The normalized spacial score (nSPS) is 47.4. The van der Waals surface area contributed by atoms with Gasteiger partial charge in [-0.1, -0.05) is 0 Å². The minimum Gasteiger partial charge on any atom is -0.387 e. The lowest BCUT2D eigenvalue weighted by Gasteiger charge is -2.22. The van der Waals surface area contributed by atoms with Gasteiger partial charge in [-0.15, -0.1) is 0 Å². The molecule has 7 heteroatoms. The molecule has 94 valence electrons. The van der Waals surface area contributed by atoms with Gasteiger partial charge in [0.05, 0.1) is 6.61 Å². The Morgan fingerprint density at radius 1 is 1.25 bits per heavy atom. The van der Waals surface area contributed by atoms with Gasteiger partial charge in [-0.25, -0.2) is 10.1 Å². The van der Waals surface area contributed by atoms with Crippen molar-refractivity contribution in [2.45, 2.75) is 50.3 Å². The summed E-state index contributed by atoms with van der Waals surface area (Å²) in [6, 6.07) is 0. The molecule has 0 unspecified atom stereocenters. The second-order valence-corrected chi connectivity index (χ2v) is 4.42. The smallest absolute Gasteiger partial charge is 0.220 e. The van der Waals surface area contributed by atoms with Crippen LogP contribution in [0.25, 0.3) is 0 Å². The van der Waals surface area contributed by atoms with Gasteiger partial charge < -0.3 is 24.4 Å². The zero-order chi connectivity index (χ0) is 11.9. The Labute approximate surface area is 92.4 Å². The van der Waals surface area contributed by atoms with Gasteiger partial charge in [0.15, 0.2) is 5.79 Å². The summed E-state index contributed by atoms with van der Waals surface area (Å²) in [5, 5.41) is 27.6. The predicted octanol–water partition coefficient (Wildman–Crippen LogP) is -0.926. The first-order valence-electron chi connectivity index (χ1n) is 5.08. The van der Waals surface area contributed by atoms with Crippen molar-refractivity contribution < 1.29 is 34.6 Å². The van der Waals surface area contributed by atoms with Crippen molar-refractivity contribution in [1.29, 1.82) is 0 Å². The van der Waals surface area contributed by atoms with Crippen molar-refractivity contribution in [3.8, 4) is 0 Å². The zero-order valence-electron chi connectivity index (χ0n) is 9.07. The maximum absolute atomic E-state index is 9.69. The summed E-state index contributed by atoms with van der Waals surface area (Å²) in [6.07, 6.45) is -5.03. The summed E-state index contributed by atoms with van der Waals surface area (Å²) in [4.78, 5) is 3.91. The molecule has 3 N–H and O–H groups in total. The van der Waals surface area contributed by atoms with Crippen LogP contribution in [-0.2, 0) is 19.1 Å². The molecule has 2 fully saturated rings. The van der Waals surface area contributed by atoms with Crippen LogP contribution in [-0.4, -0.2) is 58.6 Å². The molecule has 0 spiro atoms. The van der Waals surface area contributed by atoms with Crippen LogP contribution in [0.5, 0.6) is 0 Å². The molecule has 2 heterocycles. The number of rotatable bonds is 2. The van der Waals surface area contributed by atoms with Crippen LogP contribution in [0.4, 0.5) is 0 Å². The third-order valence-electron chi connectivity index (χ3n) is 2.76. The number of ether oxygens (including phenoxy) is 3. The second-order valence-electron chi connectivity index (χ2n) is 4.42. The van der Waals surface area contributed by atoms with Crippen LogP contribution in [0.3, 0.4) is 0 Å². The van der Waals surface area contributed by atoms with E-state index in [1.807, 2.05) is 0 Å². The van der Waals surface area contributed by atoms with Gasteiger partial charge in [0.1, 0.15) is 24.4 Å². The van der Waals surface area contributed by atoms with Gasteiger partial charge in [-0.05, 0) is 13.8 Å². The maximum Gasteiger partial charge on any atom is 0.220 e. The average Bonchev–Trinajstić information content (AvgIpc) is 2.70. The quantitative estimate of drug-likeness (QED) is 0.421. The van der Waals surface area contributed by atoms with Crippen molar-refractivity contribution in [3.63, 3.8) is 0 Å². The molecule has 0 radical (unpaired) electrons. The van der Waals surface area contributed by atoms with Gasteiger partial charge in [-0.3, -0.25) is 0 Å². The summed E-state index contributed by atoms with van der Waals surface area (Å²) in [6.45, 7) is 3.73. The summed E-state index contributed by atoms with van der Waals surface area (Å²) in [5.74, 6) is -0.739. The maximum atomic E-state index is 9.69. The minimum absolute atomic E-state index is 0.250. The number of hydrogen-bond acceptors (Lipinski definition) is 7. The van der Waals surface area contributed by atoms with Crippen molar-refractivity contribution in [2.24, 2.45) is 0 Å². The van der Waals surface area contributed by atoms with Gasteiger partial charge in [0, 0.05) is 0 Å². The van der Waals surface area contributed by atoms with E-state index < -0.39 is 36.5 Å². The number of aliphatic hydroxyl groups excluding tert-OH is 2. The molecule has 2 aliphatic heterocycles. The molecule has 2 aliphatic rings. The molecule has 0 aromatic heterocycles. The van der Waals surface area contributed by atoms with Gasteiger partial charge in [-0.2, -0.15) is 0 Å². The third-order valence-corrected chi connectivity index (χ3v) is 2.76. The Balaban J connectivity index is 2.01. The Morgan fingerprint density at radius 3 is 2.38 bits per heavy atom. The van der Waals surface area contributed by atoms with Crippen LogP contribution >= 0.6 is 0 Å². The van der Waals surface area contributed by atoms with Crippen molar-refractivity contribution in [1.82, 2.24) is 0 Å². The van der Waals surface area contributed by atoms with E-state index in [-0.39, 0.29) is 6.61 Å². The van der Waals surface area contributed by atoms with E-state index in [1.165, 1.54) is 0 Å². The first-order valence-corrected chi connectivity index (χ1v) is 5.08. The number of hydrogen-bond donors (Lipinski definition) is 3. The molecule has 0 aromatic rings. The standard InChI is InChI=1S/C9H16O7/c1-9(2)13-3-4(15-9)7-5(10)6(11)8(14-7)16-12/h4-8,10-12H,3H2,1-2H3/t4-,5-,6+,7-,8-/m1/s1. The molecule has 7 nitrogen and oxygen atoms in total. The summed E-state index contributed by atoms with van der Waals surface area (Å²) in [5.41, 5.74) is 0. The highest BCUT2D eigenvalue weighted by molar-refractivity contribution is 4.93. The van der Waals surface area contributed by atoms with Crippen molar-refractivity contribution >= 4 is 0 Å². The Morgan fingerprint density at radius 2 is 1.94 bits per heavy atom. The van der Waals surface area contributed by atoms with Gasteiger partial charge in [0.25, 0.3) is 0 Å². The summed E-state index contributed by atoms with van der Waals surface area (Å²) < 4.78 is 15.9. The van der Waals surface area contributed by atoms with Crippen LogP contribution < -0.4 is 0 Å². The van der Waals surface area contributed by atoms with Gasteiger partial charge >= 0.3 is 0 Å². The molecule has 16 heavy (non-hydrogen) atoms. The second kappa shape index (κ2) is 4.19. The van der Waals surface area contributed by atoms with E-state index in [4.69, 9.17) is 19.5 Å². The van der Waals surface area contributed by atoms with E-state index in [0.29, 0.717) is 0 Å². The van der Waals surface area contributed by atoms with E-state index in [9.17, 15) is 10.2 Å². The van der Waals surface area contributed by atoms with E-state index in [0.717, 1.165) is 0 Å². The van der Waals surface area contributed by atoms with Crippen LogP contribution in [0, 0.1) is 0 Å². The van der Waals surface area contributed by atoms with Crippen LogP contribution in [0.1, 0.15) is 13.8 Å². The molecule has 0 aliphatic carbocycles. The average molecular weight is 236 g/mol. The van der Waals surface area contributed by atoms with Crippen molar-refractivity contribution in [2.75, 3.05) is 6.61 Å². The highest BCUT2D eigenvalue weighted by atomic mass is 17.1. The Bertz CT molecular complexity index is 256.